The van der Waals surface area contributed by atoms with Crippen LogP contribution in [-0.2, 0) is 6.42 Å². The van der Waals surface area contributed by atoms with Crippen LogP contribution in [0.15, 0.2) is 18.2 Å². The lowest BCUT2D eigenvalue weighted by molar-refractivity contribution is 0.299. The van der Waals surface area contributed by atoms with Crippen molar-refractivity contribution in [3.63, 3.8) is 0 Å². The highest BCUT2D eigenvalue weighted by Crippen LogP contribution is 2.19. The largest absolute Gasteiger partial charge is 0.398 e. The Labute approximate surface area is 70.6 Å². The maximum Gasteiger partial charge on any atom is 0.0638 e. The van der Waals surface area contributed by atoms with Gasteiger partial charge >= 0.3 is 0 Å². The molecule has 0 unspecified atom stereocenters. The third-order valence-electron chi connectivity index (χ3n) is 1.47. The number of nitrogen functional groups attached to an aromatic ring is 1. The van der Waals surface area contributed by atoms with Crippen molar-refractivity contribution in [1.82, 2.24) is 0 Å². The molecule has 2 nitrogen and oxygen atoms in total. The number of benzene rings is 1. The normalized spacial score (nSPS) is 10.0. The first-order valence-corrected chi connectivity index (χ1v) is 3.76. The van der Waals surface area contributed by atoms with Crippen LogP contribution in [-0.4, -0.2) is 11.7 Å². The van der Waals surface area contributed by atoms with Gasteiger partial charge in [-0.3, -0.25) is 0 Å². The standard InChI is InChI=1S/C8H10ClNO/c9-7-5-6(3-4-11)1-2-8(7)10/h1-2,5,11H,3-4,10H2. The highest BCUT2D eigenvalue weighted by molar-refractivity contribution is 6.33. The predicted octanol–water partition coefficient (Wildman–Crippen LogP) is 1.46. The minimum Gasteiger partial charge on any atom is -0.398 e. The van der Waals surface area contributed by atoms with Gasteiger partial charge in [0.1, 0.15) is 0 Å². The summed E-state index contributed by atoms with van der Waals surface area (Å²) in [6.07, 6.45) is 0.625. The van der Waals surface area contributed by atoms with Crippen LogP contribution in [0.1, 0.15) is 5.56 Å². The molecular formula is C8H10ClNO. The van der Waals surface area contributed by atoms with Gasteiger partial charge in [-0.25, -0.2) is 0 Å². The molecule has 0 amide bonds. The van der Waals surface area contributed by atoms with Gasteiger partial charge in [0.15, 0.2) is 0 Å². The van der Waals surface area contributed by atoms with Crippen molar-refractivity contribution in [1.29, 1.82) is 0 Å². The van der Waals surface area contributed by atoms with Crippen LogP contribution in [0.25, 0.3) is 0 Å². The average Bonchev–Trinajstić information content (AvgIpc) is 1.98. The quantitative estimate of drug-likeness (QED) is 0.662. The topological polar surface area (TPSA) is 46.2 Å². The summed E-state index contributed by atoms with van der Waals surface area (Å²) in [6.45, 7) is 0.139. The third kappa shape index (κ3) is 2.10. The van der Waals surface area contributed by atoms with Crippen molar-refractivity contribution in [2.24, 2.45) is 0 Å². The van der Waals surface area contributed by atoms with E-state index < -0.39 is 0 Å². The molecule has 0 aliphatic rings. The van der Waals surface area contributed by atoms with E-state index in [1.807, 2.05) is 6.07 Å². The van der Waals surface area contributed by atoms with Crippen molar-refractivity contribution in [3.05, 3.63) is 28.8 Å². The van der Waals surface area contributed by atoms with Crippen LogP contribution in [0, 0.1) is 0 Å². The molecule has 1 rings (SSSR count). The monoisotopic (exact) mass is 171 g/mol. The van der Waals surface area contributed by atoms with Gasteiger partial charge in [-0.05, 0) is 24.1 Å². The summed E-state index contributed by atoms with van der Waals surface area (Å²) in [6, 6.07) is 5.37. The van der Waals surface area contributed by atoms with Crippen LogP contribution in [0.5, 0.6) is 0 Å². The Balaban J connectivity index is 2.86. The van der Waals surface area contributed by atoms with Crippen LogP contribution in [0.2, 0.25) is 5.02 Å². The molecule has 0 atom stereocenters. The van der Waals surface area contributed by atoms with Crippen molar-refractivity contribution < 1.29 is 5.11 Å². The molecule has 0 bridgehead atoms. The number of nitrogens with two attached hydrogens (primary N) is 1. The molecule has 0 saturated carbocycles. The van der Waals surface area contributed by atoms with E-state index in [1.165, 1.54) is 0 Å². The number of aliphatic hydroxyl groups excluding tert-OH is 1. The minimum atomic E-state index is 0.139. The first-order chi connectivity index (χ1) is 5.24. The van der Waals surface area contributed by atoms with E-state index in [0.717, 1.165) is 5.56 Å². The summed E-state index contributed by atoms with van der Waals surface area (Å²) in [4.78, 5) is 0. The van der Waals surface area contributed by atoms with Crippen LogP contribution in [0.4, 0.5) is 5.69 Å². The van der Waals surface area contributed by atoms with E-state index in [-0.39, 0.29) is 6.61 Å². The fourth-order valence-corrected chi connectivity index (χ4v) is 1.06. The maximum absolute atomic E-state index is 8.61. The molecule has 0 spiro atoms. The van der Waals surface area contributed by atoms with Gasteiger partial charge in [-0.15, -0.1) is 0 Å². The molecule has 0 aliphatic heterocycles. The molecule has 0 radical (unpaired) electrons. The van der Waals surface area contributed by atoms with E-state index in [4.69, 9.17) is 22.4 Å². The van der Waals surface area contributed by atoms with Crippen LogP contribution >= 0.6 is 11.6 Å². The lowest BCUT2D eigenvalue weighted by Crippen LogP contribution is -1.92. The van der Waals surface area contributed by atoms with Gasteiger partial charge in [0.25, 0.3) is 0 Å². The van der Waals surface area contributed by atoms with Gasteiger partial charge < -0.3 is 10.8 Å². The van der Waals surface area contributed by atoms with E-state index in [0.29, 0.717) is 17.1 Å². The van der Waals surface area contributed by atoms with Crippen LogP contribution in [0.3, 0.4) is 0 Å². The van der Waals surface area contributed by atoms with Gasteiger partial charge in [-0.1, -0.05) is 17.7 Å². The Morgan fingerprint density at radius 3 is 2.73 bits per heavy atom. The molecule has 3 heteroatoms. The molecule has 60 valence electrons. The molecule has 0 fully saturated rings. The first kappa shape index (κ1) is 8.37. The summed E-state index contributed by atoms with van der Waals surface area (Å²) < 4.78 is 0. The van der Waals surface area contributed by atoms with Crippen molar-refractivity contribution in [2.45, 2.75) is 6.42 Å². The van der Waals surface area contributed by atoms with Crippen LogP contribution < -0.4 is 5.73 Å². The molecule has 3 N–H and O–H groups in total. The van der Waals surface area contributed by atoms with E-state index in [2.05, 4.69) is 0 Å². The predicted molar refractivity (Wildman–Crippen MR) is 46.7 cm³/mol. The average molecular weight is 172 g/mol. The second kappa shape index (κ2) is 3.60. The van der Waals surface area contributed by atoms with Crippen molar-refractivity contribution >= 4 is 17.3 Å². The van der Waals surface area contributed by atoms with E-state index >= 15 is 0 Å². The Morgan fingerprint density at radius 2 is 2.18 bits per heavy atom. The fourth-order valence-electron chi connectivity index (χ4n) is 0.855. The number of hydrogen-bond acceptors (Lipinski definition) is 2. The summed E-state index contributed by atoms with van der Waals surface area (Å²) in [7, 11) is 0. The van der Waals surface area contributed by atoms with E-state index in [1.54, 1.807) is 12.1 Å². The Hall–Kier alpha value is -0.730. The van der Waals surface area contributed by atoms with Gasteiger partial charge in [-0.2, -0.15) is 0 Å². The van der Waals surface area contributed by atoms with Crippen molar-refractivity contribution in [2.75, 3.05) is 12.3 Å². The Bertz CT molecular complexity index is 250. The molecule has 1 aromatic carbocycles. The number of halogens is 1. The number of rotatable bonds is 2. The molecule has 0 aliphatic carbocycles. The summed E-state index contributed by atoms with van der Waals surface area (Å²) in [5, 5.41) is 9.16. The summed E-state index contributed by atoms with van der Waals surface area (Å²) >= 11 is 5.74. The minimum absolute atomic E-state index is 0.139. The Kier molecular flexibility index (Phi) is 2.74. The molecule has 1 aromatic rings. The highest BCUT2D eigenvalue weighted by Gasteiger charge is 1.96. The third-order valence-corrected chi connectivity index (χ3v) is 1.79. The van der Waals surface area contributed by atoms with Gasteiger partial charge in [0.05, 0.1) is 10.7 Å². The number of anilines is 1. The van der Waals surface area contributed by atoms with E-state index in [9.17, 15) is 0 Å². The molecular weight excluding hydrogens is 162 g/mol. The molecule has 11 heavy (non-hydrogen) atoms. The highest BCUT2D eigenvalue weighted by atomic mass is 35.5. The molecule has 0 saturated heterocycles. The van der Waals surface area contributed by atoms with Gasteiger partial charge in [0.2, 0.25) is 0 Å². The second-order valence-corrected chi connectivity index (χ2v) is 2.74. The summed E-state index contributed by atoms with van der Waals surface area (Å²) in [5.41, 5.74) is 7.07. The lowest BCUT2D eigenvalue weighted by atomic mass is 10.1. The lowest BCUT2D eigenvalue weighted by Gasteiger charge is -2.00. The van der Waals surface area contributed by atoms with Gasteiger partial charge in [0, 0.05) is 6.61 Å². The smallest absolute Gasteiger partial charge is 0.0638 e. The zero-order valence-corrected chi connectivity index (χ0v) is 6.80. The number of hydrogen-bond donors (Lipinski definition) is 2. The zero-order chi connectivity index (χ0) is 8.27. The SMILES string of the molecule is Nc1ccc(CCO)cc1Cl. The molecule has 0 heterocycles. The maximum atomic E-state index is 8.61. The Morgan fingerprint density at radius 1 is 1.45 bits per heavy atom. The zero-order valence-electron chi connectivity index (χ0n) is 6.05. The van der Waals surface area contributed by atoms with Crippen molar-refractivity contribution in [3.8, 4) is 0 Å². The first-order valence-electron chi connectivity index (χ1n) is 3.39. The molecule has 0 aromatic heterocycles. The fraction of sp³-hybridized carbons (Fsp3) is 0.250. The summed E-state index contributed by atoms with van der Waals surface area (Å²) in [5.74, 6) is 0. The number of aliphatic hydroxyl groups is 1. The second-order valence-electron chi connectivity index (χ2n) is 2.33.